The van der Waals surface area contributed by atoms with Crippen molar-refractivity contribution in [3.63, 3.8) is 0 Å². The van der Waals surface area contributed by atoms with Crippen molar-refractivity contribution in [2.45, 2.75) is 25.4 Å². The fourth-order valence-electron chi connectivity index (χ4n) is 2.05. The molecule has 0 aliphatic rings. The lowest BCUT2D eigenvalue weighted by Gasteiger charge is -2.27. The molecule has 0 aromatic heterocycles. The molecular weight excluding hydrogens is 335 g/mol. The fourth-order valence-corrected chi connectivity index (χ4v) is 2.52. The van der Waals surface area contributed by atoms with Gasteiger partial charge in [0, 0.05) is 0 Å². The molecule has 0 fully saturated rings. The normalized spacial score (nSPS) is 14.1. The molecule has 0 saturated heterocycles. The van der Waals surface area contributed by atoms with Crippen LogP contribution >= 0.6 is 23.0 Å². The third-order valence-electron chi connectivity index (χ3n) is 3.29. The van der Waals surface area contributed by atoms with Crippen LogP contribution in [0.25, 0.3) is 0 Å². The molecule has 2 heteroatoms. The van der Waals surface area contributed by atoms with Crippen molar-refractivity contribution in [1.82, 2.24) is 0 Å². The van der Waals surface area contributed by atoms with Gasteiger partial charge in [0.25, 0.3) is 0 Å². The van der Waals surface area contributed by atoms with E-state index in [1.165, 1.54) is 11.1 Å². The molecule has 0 aliphatic carbocycles. The minimum Gasteiger partial charge on any atom is -0.305 e. The van der Waals surface area contributed by atoms with Crippen molar-refractivity contribution in [1.29, 1.82) is 0 Å². The molecule has 0 spiro atoms. The Hall–Kier alpha value is -0.870. The summed E-state index contributed by atoms with van der Waals surface area (Å²) in [6.45, 7) is 2.15. The van der Waals surface area contributed by atoms with Gasteiger partial charge in [0.05, 0.1) is 0 Å². The smallest absolute Gasteiger partial charge is 0.110 e. The predicted octanol–water partition coefficient (Wildman–Crippen LogP) is 4.90. The number of hydrogen-bond donors (Lipinski definition) is 0. The SMILES string of the molecule is CC(CCc1ccccc1)(OI)c1ccccc1. The Kier molecular flexibility index (Phi) is 4.78. The topological polar surface area (TPSA) is 9.23 Å². The second kappa shape index (κ2) is 6.34. The highest BCUT2D eigenvalue weighted by atomic mass is 127. The lowest BCUT2D eigenvalue weighted by atomic mass is 9.89. The predicted molar refractivity (Wildman–Crippen MR) is 83.7 cm³/mol. The van der Waals surface area contributed by atoms with Crippen molar-refractivity contribution in [3.8, 4) is 0 Å². The van der Waals surface area contributed by atoms with Crippen LogP contribution in [0.1, 0.15) is 24.5 Å². The summed E-state index contributed by atoms with van der Waals surface area (Å²) in [4.78, 5) is 0. The first-order valence-electron chi connectivity index (χ1n) is 6.14. The Bertz CT molecular complexity index is 469. The lowest BCUT2D eigenvalue weighted by molar-refractivity contribution is 0.137. The monoisotopic (exact) mass is 352 g/mol. The molecule has 1 nitrogen and oxygen atoms in total. The highest BCUT2D eigenvalue weighted by Gasteiger charge is 2.26. The minimum absolute atomic E-state index is 0.225. The standard InChI is InChI=1S/C16H17IO/c1-16(18-17,15-10-6-3-7-11-15)13-12-14-8-4-2-5-9-14/h2-11H,12-13H2,1H3. The quantitative estimate of drug-likeness (QED) is 0.696. The Balaban J connectivity index is 2.10. The molecule has 18 heavy (non-hydrogen) atoms. The van der Waals surface area contributed by atoms with E-state index in [-0.39, 0.29) is 5.60 Å². The highest BCUT2D eigenvalue weighted by Crippen LogP contribution is 2.32. The fraction of sp³-hybridized carbons (Fsp3) is 0.250. The number of aryl methyl sites for hydroxylation is 1. The first-order chi connectivity index (χ1) is 8.74. The molecule has 0 saturated carbocycles. The van der Waals surface area contributed by atoms with Crippen LogP contribution in [-0.4, -0.2) is 0 Å². The zero-order valence-corrected chi connectivity index (χ0v) is 12.6. The summed E-state index contributed by atoms with van der Waals surface area (Å²) < 4.78 is 5.72. The van der Waals surface area contributed by atoms with Gasteiger partial charge in [0.1, 0.15) is 28.6 Å². The van der Waals surface area contributed by atoms with Crippen LogP contribution in [-0.2, 0) is 15.1 Å². The van der Waals surface area contributed by atoms with Crippen LogP contribution < -0.4 is 0 Å². The second-order valence-corrected chi connectivity index (χ2v) is 5.10. The molecule has 0 aliphatic heterocycles. The molecule has 1 atom stereocenters. The molecule has 94 valence electrons. The first-order valence-corrected chi connectivity index (χ1v) is 7.02. The summed E-state index contributed by atoms with van der Waals surface area (Å²) >= 11 is 2.01. The van der Waals surface area contributed by atoms with Crippen LogP contribution in [0.3, 0.4) is 0 Å². The van der Waals surface area contributed by atoms with Gasteiger partial charge >= 0.3 is 0 Å². The van der Waals surface area contributed by atoms with Gasteiger partial charge in [-0.25, -0.2) is 0 Å². The van der Waals surface area contributed by atoms with Crippen LogP contribution in [0.15, 0.2) is 60.7 Å². The van der Waals surface area contributed by atoms with Crippen molar-refractivity contribution in [3.05, 3.63) is 71.8 Å². The van der Waals surface area contributed by atoms with E-state index in [4.69, 9.17) is 3.07 Å². The molecule has 1 unspecified atom stereocenters. The van der Waals surface area contributed by atoms with Crippen molar-refractivity contribution >= 4 is 23.0 Å². The van der Waals surface area contributed by atoms with E-state index >= 15 is 0 Å². The van der Waals surface area contributed by atoms with E-state index in [9.17, 15) is 0 Å². The first kappa shape index (κ1) is 13.6. The van der Waals surface area contributed by atoms with Gasteiger partial charge < -0.3 is 3.07 Å². The van der Waals surface area contributed by atoms with E-state index in [2.05, 4.69) is 61.5 Å². The van der Waals surface area contributed by atoms with Gasteiger partial charge in [0.2, 0.25) is 0 Å². The third-order valence-corrected chi connectivity index (χ3v) is 4.26. The van der Waals surface area contributed by atoms with Gasteiger partial charge in [-0.3, -0.25) is 0 Å². The molecule has 0 amide bonds. The molecule has 0 N–H and O–H groups in total. The number of benzene rings is 2. The minimum atomic E-state index is -0.225. The lowest BCUT2D eigenvalue weighted by Crippen LogP contribution is -2.22. The van der Waals surface area contributed by atoms with Gasteiger partial charge in [-0.05, 0) is 30.9 Å². The van der Waals surface area contributed by atoms with E-state index in [1.807, 2.05) is 29.1 Å². The van der Waals surface area contributed by atoms with E-state index in [1.54, 1.807) is 0 Å². The van der Waals surface area contributed by atoms with E-state index < -0.39 is 0 Å². The molecular formula is C16H17IO. The average molecular weight is 352 g/mol. The maximum atomic E-state index is 5.72. The Morgan fingerprint density at radius 1 is 0.944 bits per heavy atom. The number of halogens is 1. The zero-order chi connectivity index (χ0) is 12.8. The molecule has 0 radical (unpaired) electrons. The second-order valence-electron chi connectivity index (χ2n) is 4.66. The number of hydrogen-bond acceptors (Lipinski definition) is 1. The van der Waals surface area contributed by atoms with Gasteiger partial charge in [-0.15, -0.1) is 0 Å². The van der Waals surface area contributed by atoms with Crippen molar-refractivity contribution in [2.24, 2.45) is 0 Å². The van der Waals surface area contributed by atoms with Gasteiger partial charge in [-0.1, -0.05) is 60.7 Å². The largest absolute Gasteiger partial charge is 0.305 e. The molecule has 2 aromatic carbocycles. The Labute approximate surface area is 123 Å². The Morgan fingerprint density at radius 3 is 2.06 bits per heavy atom. The third kappa shape index (κ3) is 3.33. The Morgan fingerprint density at radius 2 is 1.50 bits per heavy atom. The van der Waals surface area contributed by atoms with E-state index in [0.29, 0.717) is 0 Å². The highest BCUT2D eigenvalue weighted by molar-refractivity contribution is 14.1. The molecule has 2 rings (SSSR count). The van der Waals surface area contributed by atoms with Gasteiger partial charge in [-0.2, -0.15) is 0 Å². The average Bonchev–Trinajstić information content (AvgIpc) is 2.47. The van der Waals surface area contributed by atoms with Crippen LogP contribution in [0, 0.1) is 0 Å². The summed E-state index contributed by atoms with van der Waals surface area (Å²) in [7, 11) is 0. The zero-order valence-electron chi connectivity index (χ0n) is 10.5. The molecule has 0 bridgehead atoms. The van der Waals surface area contributed by atoms with Crippen LogP contribution in [0.5, 0.6) is 0 Å². The summed E-state index contributed by atoms with van der Waals surface area (Å²) in [6.07, 6.45) is 2.00. The molecule has 2 aromatic rings. The summed E-state index contributed by atoms with van der Waals surface area (Å²) in [5.41, 5.74) is 2.36. The summed E-state index contributed by atoms with van der Waals surface area (Å²) in [5, 5.41) is 0. The maximum absolute atomic E-state index is 5.72. The van der Waals surface area contributed by atoms with Crippen LogP contribution in [0.2, 0.25) is 0 Å². The van der Waals surface area contributed by atoms with Crippen molar-refractivity contribution in [2.75, 3.05) is 0 Å². The summed E-state index contributed by atoms with van der Waals surface area (Å²) in [5.74, 6) is 0. The summed E-state index contributed by atoms with van der Waals surface area (Å²) in [6, 6.07) is 21.0. The van der Waals surface area contributed by atoms with Gasteiger partial charge in [0.15, 0.2) is 0 Å². The van der Waals surface area contributed by atoms with Crippen LogP contribution in [0.4, 0.5) is 0 Å². The molecule has 0 heterocycles. The van der Waals surface area contributed by atoms with Crippen molar-refractivity contribution < 1.29 is 3.07 Å². The number of rotatable bonds is 5. The maximum Gasteiger partial charge on any atom is 0.110 e. The van der Waals surface area contributed by atoms with E-state index in [0.717, 1.165) is 12.8 Å².